The maximum atomic E-state index is 11.9. The van der Waals surface area contributed by atoms with Gasteiger partial charge in [-0.2, -0.15) is 5.10 Å². The van der Waals surface area contributed by atoms with Crippen LogP contribution in [0.1, 0.15) is 25.5 Å². The standard InChI is InChI=1S/C12H21N3O4S2/c1-3-21(18,19)15-6-4-5-10(9-15)7-11-12(8-13-14-11)20(2,16)17/h8,10H,3-7,9H2,1-2H3,(H,13,14)/t10-/m0/s1. The minimum absolute atomic E-state index is 0.0956. The molecular weight excluding hydrogens is 314 g/mol. The number of nitrogens with one attached hydrogen (secondary N) is 1. The zero-order valence-corrected chi connectivity index (χ0v) is 13.9. The van der Waals surface area contributed by atoms with Crippen molar-refractivity contribution >= 4 is 19.9 Å². The summed E-state index contributed by atoms with van der Waals surface area (Å²) in [7, 11) is -6.50. The number of hydrogen-bond acceptors (Lipinski definition) is 5. The smallest absolute Gasteiger partial charge is 0.213 e. The number of nitrogens with zero attached hydrogens (tertiary/aromatic N) is 2. The lowest BCUT2D eigenvalue weighted by Crippen LogP contribution is -2.41. The summed E-state index contributed by atoms with van der Waals surface area (Å²) in [4.78, 5) is 0.206. The van der Waals surface area contributed by atoms with E-state index in [1.807, 2.05) is 0 Å². The third kappa shape index (κ3) is 3.83. The summed E-state index contributed by atoms with van der Waals surface area (Å²) in [6.45, 7) is 2.63. The molecule has 2 heterocycles. The summed E-state index contributed by atoms with van der Waals surface area (Å²) in [5.74, 6) is 0.208. The Morgan fingerprint density at radius 1 is 1.38 bits per heavy atom. The van der Waals surface area contributed by atoms with Crippen molar-refractivity contribution in [1.29, 1.82) is 0 Å². The van der Waals surface area contributed by atoms with E-state index in [-0.39, 0.29) is 16.6 Å². The number of sulfone groups is 1. The molecule has 1 atom stereocenters. The van der Waals surface area contributed by atoms with Gasteiger partial charge in [-0.15, -0.1) is 0 Å². The van der Waals surface area contributed by atoms with Crippen LogP contribution in [0.2, 0.25) is 0 Å². The second kappa shape index (κ2) is 6.05. The van der Waals surface area contributed by atoms with Crippen molar-refractivity contribution in [2.75, 3.05) is 25.1 Å². The number of H-pyrrole nitrogens is 1. The van der Waals surface area contributed by atoms with Crippen LogP contribution < -0.4 is 0 Å². The molecule has 1 aliphatic heterocycles. The van der Waals surface area contributed by atoms with E-state index in [1.54, 1.807) is 6.92 Å². The van der Waals surface area contributed by atoms with Crippen molar-refractivity contribution in [2.24, 2.45) is 5.92 Å². The van der Waals surface area contributed by atoms with E-state index in [0.29, 0.717) is 25.2 Å². The lowest BCUT2D eigenvalue weighted by atomic mass is 9.95. The molecule has 0 amide bonds. The highest BCUT2D eigenvalue weighted by molar-refractivity contribution is 7.90. The normalized spacial score (nSPS) is 21.5. The number of aromatic nitrogens is 2. The molecule has 0 aromatic carbocycles. The largest absolute Gasteiger partial charge is 0.281 e. The Labute approximate surface area is 125 Å². The van der Waals surface area contributed by atoms with Gasteiger partial charge in [-0.3, -0.25) is 5.10 Å². The molecule has 1 N–H and O–H groups in total. The molecule has 0 spiro atoms. The molecule has 1 saturated heterocycles. The molecule has 120 valence electrons. The van der Waals surface area contributed by atoms with Crippen molar-refractivity contribution in [3.8, 4) is 0 Å². The molecule has 0 aliphatic carbocycles. The van der Waals surface area contributed by atoms with Gasteiger partial charge in [-0.25, -0.2) is 21.1 Å². The van der Waals surface area contributed by atoms with Crippen LogP contribution in [0.3, 0.4) is 0 Å². The molecule has 0 unspecified atom stereocenters. The average Bonchev–Trinajstić information content (AvgIpc) is 2.87. The monoisotopic (exact) mass is 335 g/mol. The second-order valence-electron chi connectivity index (χ2n) is 5.46. The molecule has 1 aromatic rings. The Hall–Kier alpha value is -0.930. The molecule has 7 nitrogen and oxygen atoms in total. The Morgan fingerprint density at radius 3 is 2.71 bits per heavy atom. The molecule has 21 heavy (non-hydrogen) atoms. The number of hydrogen-bond donors (Lipinski definition) is 1. The minimum atomic E-state index is -3.31. The Kier molecular flexibility index (Phi) is 4.74. The summed E-state index contributed by atoms with van der Waals surface area (Å²) in [6.07, 6.45) is 4.65. The molecule has 9 heteroatoms. The fourth-order valence-corrected chi connectivity index (χ4v) is 4.72. The van der Waals surface area contributed by atoms with E-state index >= 15 is 0 Å². The van der Waals surface area contributed by atoms with Crippen molar-refractivity contribution < 1.29 is 16.8 Å². The summed E-state index contributed by atoms with van der Waals surface area (Å²) in [5, 5.41) is 6.53. The molecule has 1 fully saturated rings. The van der Waals surface area contributed by atoms with Crippen molar-refractivity contribution in [1.82, 2.24) is 14.5 Å². The molecule has 1 aliphatic rings. The van der Waals surface area contributed by atoms with E-state index in [4.69, 9.17) is 0 Å². The first-order chi connectivity index (χ1) is 9.74. The van der Waals surface area contributed by atoms with Crippen molar-refractivity contribution in [3.05, 3.63) is 11.9 Å². The van der Waals surface area contributed by atoms with Crippen LogP contribution in [0, 0.1) is 5.92 Å². The molecule has 0 bridgehead atoms. The topological polar surface area (TPSA) is 100 Å². The van der Waals surface area contributed by atoms with E-state index in [1.165, 1.54) is 10.5 Å². The third-order valence-corrected chi connectivity index (χ3v) is 6.81. The highest BCUT2D eigenvalue weighted by Crippen LogP contribution is 2.24. The fraction of sp³-hybridized carbons (Fsp3) is 0.750. The first-order valence-electron chi connectivity index (χ1n) is 6.94. The van der Waals surface area contributed by atoms with Gasteiger partial charge >= 0.3 is 0 Å². The van der Waals surface area contributed by atoms with Crippen LogP contribution in [0.25, 0.3) is 0 Å². The lowest BCUT2D eigenvalue weighted by Gasteiger charge is -2.31. The van der Waals surface area contributed by atoms with Gasteiger partial charge in [0.2, 0.25) is 10.0 Å². The summed E-state index contributed by atoms with van der Waals surface area (Å²) in [6, 6.07) is 0. The van der Waals surface area contributed by atoms with Gasteiger partial charge in [-0.1, -0.05) is 0 Å². The van der Waals surface area contributed by atoms with Gasteiger partial charge in [0.05, 0.1) is 17.6 Å². The van der Waals surface area contributed by atoms with Crippen LogP contribution in [0.5, 0.6) is 0 Å². The molecule has 0 radical (unpaired) electrons. The van der Waals surface area contributed by atoms with Crippen LogP contribution in [0.15, 0.2) is 11.1 Å². The van der Waals surface area contributed by atoms with Gasteiger partial charge in [0.15, 0.2) is 9.84 Å². The van der Waals surface area contributed by atoms with Gasteiger partial charge in [0.1, 0.15) is 4.90 Å². The van der Waals surface area contributed by atoms with Crippen molar-refractivity contribution in [3.63, 3.8) is 0 Å². The SMILES string of the molecule is CCS(=O)(=O)N1CCC[C@@H](Cc2[nH]ncc2S(C)(=O)=O)C1. The van der Waals surface area contributed by atoms with Gasteiger partial charge in [0.25, 0.3) is 0 Å². The number of aromatic amines is 1. The summed E-state index contributed by atoms with van der Waals surface area (Å²) in [5.41, 5.74) is 0.568. The minimum Gasteiger partial charge on any atom is -0.281 e. The van der Waals surface area contributed by atoms with E-state index in [0.717, 1.165) is 19.1 Å². The lowest BCUT2D eigenvalue weighted by molar-refractivity contribution is 0.263. The summed E-state index contributed by atoms with van der Waals surface area (Å²) < 4.78 is 48.7. The number of rotatable bonds is 5. The predicted molar refractivity (Wildman–Crippen MR) is 79.2 cm³/mol. The summed E-state index contributed by atoms with van der Waals surface area (Å²) >= 11 is 0. The Bertz CT molecular complexity index is 694. The van der Waals surface area contributed by atoms with E-state index < -0.39 is 19.9 Å². The molecular formula is C12H21N3O4S2. The van der Waals surface area contributed by atoms with Crippen LogP contribution in [0.4, 0.5) is 0 Å². The third-order valence-electron chi connectivity index (χ3n) is 3.81. The quantitative estimate of drug-likeness (QED) is 0.840. The zero-order valence-electron chi connectivity index (χ0n) is 12.2. The Balaban J connectivity index is 2.13. The van der Waals surface area contributed by atoms with E-state index in [2.05, 4.69) is 10.2 Å². The van der Waals surface area contributed by atoms with Gasteiger partial charge in [-0.05, 0) is 32.1 Å². The van der Waals surface area contributed by atoms with Crippen LogP contribution >= 0.6 is 0 Å². The maximum Gasteiger partial charge on any atom is 0.213 e. The van der Waals surface area contributed by atoms with Crippen LogP contribution in [-0.2, 0) is 26.3 Å². The highest BCUT2D eigenvalue weighted by Gasteiger charge is 2.29. The van der Waals surface area contributed by atoms with Gasteiger partial charge < -0.3 is 0 Å². The molecule has 1 aromatic heterocycles. The van der Waals surface area contributed by atoms with Gasteiger partial charge in [0, 0.05) is 19.3 Å². The number of piperidine rings is 1. The first-order valence-corrected chi connectivity index (χ1v) is 10.4. The average molecular weight is 335 g/mol. The molecule has 2 rings (SSSR count). The van der Waals surface area contributed by atoms with Crippen molar-refractivity contribution in [2.45, 2.75) is 31.1 Å². The highest BCUT2D eigenvalue weighted by atomic mass is 32.2. The maximum absolute atomic E-state index is 11.9. The fourth-order valence-electron chi connectivity index (χ4n) is 2.68. The second-order valence-corrected chi connectivity index (χ2v) is 9.70. The van der Waals surface area contributed by atoms with Crippen LogP contribution in [-0.4, -0.2) is 56.4 Å². The predicted octanol–water partition coefficient (Wildman–Crippen LogP) is 0.417. The molecule has 0 saturated carbocycles. The number of sulfonamides is 1. The van der Waals surface area contributed by atoms with E-state index in [9.17, 15) is 16.8 Å². The zero-order chi connectivity index (χ0) is 15.7. The first kappa shape index (κ1) is 16.4. The Morgan fingerprint density at radius 2 is 2.10 bits per heavy atom.